The van der Waals surface area contributed by atoms with Crippen molar-refractivity contribution < 1.29 is 9.47 Å². The van der Waals surface area contributed by atoms with Gasteiger partial charge in [-0.05, 0) is 30.2 Å². The van der Waals surface area contributed by atoms with Crippen LogP contribution in [0.25, 0.3) is 0 Å². The van der Waals surface area contributed by atoms with Crippen molar-refractivity contribution in [3.05, 3.63) is 48.0 Å². The van der Waals surface area contributed by atoms with Gasteiger partial charge in [0.1, 0.15) is 0 Å². The molecule has 3 rings (SSSR count). The summed E-state index contributed by atoms with van der Waals surface area (Å²) in [4.78, 5) is 6.82. The summed E-state index contributed by atoms with van der Waals surface area (Å²) in [6, 6.07) is 14.1. The molecule has 26 heavy (non-hydrogen) atoms. The van der Waals surface area contributed by atoms with Crippen molar-refractivity contribution in [1.82, 2.24) is 0 Å². The van der Waals surface area contributed by atoms with Crippen LogP contribution in [-0.4, -0.2) is 40.3 Å². The summed E-state index contributed by atoms with van der Waals surface area (Å²) < 4.78 is 10.6. The van der Waals surface area contributed by atoms with Gasteiger partial charge in [0.15, 0.2) is 17.5 Å². The lowest BCUT2D eigenvalue weighted by molar-refractivity contribution is 0.355. The van der Waals surface area contributed by atoms with Crippen molar-refractivity contribution in [3.63, 3.8) is 0 Å². The smallest absolute Gasteiger partial charge is 0.193 e. The SMILES string of the molecule is COc1ccc(NC(N)=NCC2Cc3ccccc3N(C)C2)cc1OC. The standard InChI is InChI=1S/C20H26N4O2/c1-24-13-14(10-15-6-4-5-7-17(15)24)12-22-20(21)23-16-8-9-18(25-2)19(11-16)26-3/h4-9,11,14H,10,12-13H2,1-3H3,(H3,21,22,23). The van der Waals surface area contributed by atoms with Crippen molar-refractivity contribution in [1.29, 1.82) is 0 Å². The highest BCUT2D eigenvalue weighted by Gasteiger charge is 2.21. The predicted molar refractivity (Wildman–Crippen MR) is 107 cm³/mol. The van der Waals surface area contributed by atoms with Crippen LogP contribution < -0.4 is 25.4 Å². The van der Waals surface area contributed by atoms with E-state index in [1.807, 2.05) is 18.2 Å². The van der Waals surface area contributed by atoms with Gasteiger partial charge in [0.2, 0.25) is 0 Å². The first-order valence-electron chi connectivity index (χ1n) is 8.68. The number of rotatable bonds is 5. The number of benzene rings is 2. The number of aliphatic imine (C=N–C) groups is 1. The average Bonchev–Trinajstić information content (AvgIpc) is 2.66. The van der Waals surface area contributed by atoms with Crippen molar-refractivity contribution >= 4 is 17.3 Å². The van der Waals surface area contributed by atoms with Crippen molar-refractivity contribution in [2.45, 2.75) is 6.42 Å². The molecular formula is C20H26N4O2. The van der Waals surface area contributed by atoms with Crippen LogP contribution in [0.2, 0.25) is 0 Å². The highest BCUT2D eigenvalue weighted by molar-refractivity contribution is 5.92. The zero-order valence-electron chi connectivity index (χ0n) is 15.5. The number of fused-ring (bicyclic) bond motifs is 1. The first kappa shape index (κ1) is 17.9. The Kier molecular flexibility index (Phi) is 5.51. The Morgan fingerprint density at radius 2 is 1.96 bits per heavy atom. The van der Waals surface area contributed by atoms with E-state index >= 15 is 0 Å². The summed E-state index contributed by atoms with van der Waals surface area (Å²) >= 11 is 0. The molecule has 1 heterocycles. The van der Waals surface area contributed by atoms with Crippen LogP contribution in [-0.2, 0) is 6.42 Å². The van der Waals surface area contributed by atoms with Crippen LogP contribution in [0.15, 0.2) is 47.5 Å². The van der Waals surface area contributed by atoms with Crippen LogP contribution in [0.5, 0.6) is 11.5 Å². The number of hydrogen-bond acceptors (Lipinski definition) is 4. The third kappa shape index (κ3) is 4.02. The highest BCUT2D eigenvalue weighted by atomic mass is 16.5. The van der Waals surface area contributed by atoms with E-state index in [4.69, 9.17) is 15.2 Å². The molecule has 0 aromatic heterocycles. The summed E-state index contributed by atoms with van der Waals surface area (Å²) in [7, 11) is 5.34. The predicted octanol–water partition coefficient (Wildman–Crippen LogP) is 2.74. The normalized spacial score (nSPS) is 16.8. The first-order valence-corrected chi connectivity index (χ1v) is 8.68. The van der Waals surface area contributed by atoms with E-state index in [9.17, 15) is 0 Å². The number of nitrogens with zero attached hydrogens (tertiary/aromatic N) is 2. The van der Waals surface area contributed by atoms with Crippen LogP contribution in [0.1, 0.15) is 5.56 Å². The number of hydrogen-bond donors (Lipinski definition) is 2. The van der Waals surface area contributed by atoms with E-state index < -0.39 is 0 Å². The Labute approximate surface area is 154 Å². The van der Waals surface area contributed by atoms with Crippen molar-refractivity contribution in [3.8, 4) is 11.5 Å². The van der Waals surface area contributed by atoms with Gasteiger partial charge in [0, 0.05) is 43.5 Å². The van der Waals surface area contributed by atoms with Crippen molar-refractivity contribution in [2.75, 3.05) is 44.6 Å². The Morgan fingerprint density at radius 3 is 2.73 bits per heavy atom. The summed E-state index contributed by atoms with van der Waals surface area (Å²) in [5, 5.41) is 3.12. The van der Waals surface area contributed by atoms with E-state index in [1.54, 1.807) is 14.2 Å². The van der Waals surface area contributed by atoms with Crippen LogP contribution in [0, 0.1) is 5.92 Å². The van der Waals surface area contributed by atoms with Gasteiger partial charge in [-0.3, -0.25) is 4.99 Å². The lowest BCUT2D eigenvalue weighted by Gasteiger charge is -2.32. The number of guanidine groups is 1. The Balaban J connectivity index is 1.63. The van der Waals surface area contributed by atoms with Gasteiger partial charge in [-0.15, -0.1) is 0 Å². The van der Waals surface area contributed by atoms with E-state index in [1.165, 1.54) is 11.3 Å². The van der Waals surface area contributed by atoms with Gasteiger partial charge in [-0.1, -0.05) is 18.2 Å². The highest BCUT2D eigenvalue weighted by Crippen LogP contribution is 2.30. The number of nitrogens with one attached hydrogen (secondary N) is 1. The summed E-state index contributed by atoms with van der Waals surface area (Å²) in [6.07, 6.45) is 1.02. The van der Waals surface area contributed by atoms with Gasteiger partial charge in [-0.25, -0.2) is 0 Å². The second-order valence-electron chi connectivity index (χ2n) is 6.50. The Bertz CT molecular complexity index is 791. The molecule has 0 saturated heterocycles. The average molecular weight is 354 g/mol. The molecule has 2 aromatic rings. The minimum atomic E-state index is 0.402. The zero-order valence-corrected chi connectivity index (χ0v) is 15.5. The molecule has 1 unspecified atom stereocenters. The number of methoxy groups -OCH3 is 2. The second kappa shape index (κ2) is 7.99. The fourth-order valence-corrected chi connectivity index (χ4v) is 3.37. The van der Waals surface area contributed by atoms with E-state index in [2.05, 4.69) is 46.5 Å². The van der Waals surface area contributed by atoms with Gasteiger partial charge in [0.05, 0.1) is 14.2 Å². The fourth-order valence-electron chi connectivity index (χ4n) is 3.37. The lowest BCUT2D eigenvalue weighted by atomic mass is 9.93. The molecule has 1 atom stereocenters. The molecule has 0 aliphatic carbocycles. The molecule has 138 valence electrons. The maximum atomic E-state index is 6.07. The Morgan fingerprint density at radius 1 is 1.19 bits per heavy atom. The molecule has 6 heteroatoms. The molecule has 2 aromatic carbocycles. The molecule has 0 radical (unpaired) electrons. The zero-order chi connectivity index (χ0) is 18.5. The Hall–Kier alpha value is -2.89. The van der Waals surface area contributed by atoms with Gasteiger partial charge in [-0.2, -0.15) is 0 Å². The summed E-state index contributed by atoms with van der Waals surface area (Å²) in [6.45, 7) is 1.66. The number of nitrogens with two attached hydrogens (primary N) is 1. The third-order valence-electron chi connectivity index (χ3n) is 4.62. The van der Waals surface area contributed by atoms with Crippen LogP contribution in [0.3, 0.4) is 0 Å². The molecule has 0 bridgehead atoms. The largest absolute Gasteiger partial charge is 0.493 e. The molecule has 6 nitrogen and oxygen atoms in total. The summed E-state index contributed by atoms with van der Waals surface area (Å²) in [5.41, 5.74) is 9.56. The minimum Gasteiger partial charge on any atom is -0.493 e. The third-order valence-corrected chi connectivity index (χ3v) is 4.62. The van der Waals surface area contributed by atoms with E-state index in [0.29, 0.717) is 29.9 Å². The first-order chi connectivity index (χ1) is 12.6. The number of ether oxygens (including phenoxy) is 2. The van der Waals surface area contributed by atoms with Crippen LogP contribution >= 0.6 is 0 Å². The molecule has 3 N–H and O–H groups in total. The topological polar surface area (TPSA) is 72.1 Å². The quantitative estimate of drug-likeness (QED) is 0.638. The van der Waals surface area contributed by atoms with Crippen LogP contribution in [0.4, 0.5) is 11.4 Å². The molecule has 1 aliphatic rings. The van der Waals surface area contributed by atoms with E-state index in [-0.39, 0.29) is 0 Å². The molecular weight excluding hydrogens is 328 g/mol. The molecule has 0 fully saturated rings. The fraction of sp³-hybridized carbons (Fsp3) is 0.350. The van der Waals surface area contributed by atoms with Gasteiger partial charge < -0.3 is 25.4 Å². The maximum Gasteiger partial charge on any atom is 0.193 e. The van der Waals surface area contributed by atoms with Gasteiger partial charge >= 0.3 is 0 Å². The molecule has 0 saturated carbocycles. The maximum absolute atomic E-state index is 6.07. The van der Waals surface area contributed by atoms with Crippen molar-refractivity contribution in [2.24, 2.45) is 16.6 Å². The molecule has 1 aliphatic heterocycles. The van der Waals surface area contributed by atoms with Gasteiger partial charge in [0.25, 0.3) is 0 Å². The monoisotopic (exact) mass is 354 g/mol. The number of anilines is 2. The molecule has 0 spiro atoms. The molecule has 0 amide bonds. The number of para-hydroxylation sites is 1. The minimum absolute atomic E-state index is 0.402. The van der Waals surface area contributed by atoms with E-state index in [0.717, 1.165) is 18.7 Å². The summed E-state index contributed by atoms with van der Waals surface area (Å²) in [5.74, 6) is 2.17. The second-order valence-corrected chi connectivity index (χ2v) is 6.50. The lowest BCUT2D eigenvalue weighted by Crippen LogP contribution is -2.34.